The van der Waals surface area contributed by atoms with E-state index in [-0.39, 0.29) is 22.2 Å². The molecule has 0 unspecified atom stereocenters. The van der Waals surface area contributed by atoms with Gasteiger partial charge in [0.25, 0.3) is 0 Å². The SMILES string of the molecule is Nc1cccc(Cl)c1S(=O)(=O)N1CCn2ccnc2C1. The van der Waals surface area contributed by atoms with Gasteiger partial charge in [0.1, 0.15) is 10.7 Å². The minimum atomic E-state index is -3.72. The highest BCUT2D eigenvalue weighted by atomic mass is 35.5. The first-order valence-electron chi connectivity index (χ1n) is 6.04. The predicted octanol–water partition coefficient (Wildman–Crippen LogP) is 1.32. The van der Waals surface area contributed by atoms with Crippen LogP contribution in [-0.2, 0) is 23.1 Å². The highest BCUT2D eigenvalue weighted by molar-refractivity contribution is 7.89. The van der Waals surface area contributed by atoms with Gasteiger partial charge in [-0.05, 0) is 12.1 Å². The minimum absolute atomic E-state index is 0.0262. The molecule has 1 aliphatic heterocycles. The molecule has 6 nitrogen and oxygen atoms in total. The van der Waals surface area contributed by atoms with Crippen LogP contribution in [0.25, 0.3) is 0 Å². The van der Waals surface area contributed by atoms with Crippen LogP contribution in [0.4, 0.5) is 5.69 Å². The van der Waals surface area contributed by atoms with Gasteiger partial charge in [-0.15, -0.1) is 0 Å². The van der Waals surface area contributed by atoms with Crippen LogP contribution in [0.1, 0.15) is 5.82 Å². The summed E-state index contributed by atoms with van der Waals surface area (Å²) in [5.41, 5.74) is 5.94. The maximum atomic E-state index is 12.7. The van der Waals surface area contributed by atoms with E-state index in [0.717, 1.165) is 0 Å². The largest absolute Gasteiger partial charge is 0.398 e. The van der Waals surface area contributed by atoms with Crippen LogP contribution in [0, 0.1) is 0 Å². The molecular weight excluding hydrogens is 300 g/mol. The van der Waals surface area contributed by atoms with Gasteiger partial charge in [0.15, 0.2) is 0 Å². The van der Waals surface area contributed by atoms with Crippen LogP contribution in [0.2, 0.25) is 5.02 Å². The Morgan fingerprint density at radius 2 is 2.10 bits per heavy atom. The van der Waals surface area contributed by atoms with Crippen LogP contribution in [0.15, 0.2) is 35.5 Å². The third-order valence-corrected chi connectivity index (χ3v) is 5.70. The lowest BCUT2D eigenvalue weighted by Crippen LogP contribution is -2.38. The number of aromatic nitrogens is 2. The number of sulfonamides is 1. The van der Waals surface area contributed by atoms with E-state index in [9.17, 15) is 8.42 Å². The van der Waals surface area contributed by atoms with Crippen LogP contribution >= 0.6 is 11.6 Å². The molecule has 0 spiro atoms. The average molecular weight is 313 g/mol. The van der Waals surface area contributed by atoms with Gasteiger partial charge in [0.2, 0.25) is 10.0 Å². The van der Waals surface area contributed by atoms with Crippen LogP contribution in [0.3, 0.4) is 0 Å². The summed E-state index contributed by atoms with van der Waals surface area (Å²) >= 11 is 6.01. The number of halogens is 1. The van der Waals surface area contributed by atoms with E-state index in [2.05, 4.69) is 4.98 Å². The summed E-state index contributed by atoms with van der Waals surface area (Å²) in [5, 5.41) is 0.138. The summed E-state index contributed by atoms with van der Waals surface area (Å²) in [7, 11) is -3.72. The van der Waals surface area contributed by atoms with Crippen molar-refractivity contribution < 1.29 is 8.42 Å². The summed E-state index contributed by atoms with van der Waals surface area (Å²) in [6, 6.07) is 4.68. The maximum Gasteiger partial charge on any atom is 0.247 e. The van der Waals surface area contributed by atoms with Crippen molar-refractivity contribution in [1.82, 2.24) is 13.9 Å². The summed E-state index contributed by atoms with van der Waals surface area (Å²) in [6.45, 7) is 1.16. The molecule has 1 aliphatic rings. The number of imidazole rings is 1. The molecule has 106 valence electrons. The number of benzene rings is 1. The van der Waals surface area contributed by atoms with Gasteiger partial charge in [-0.1, -0.05) is 17.7 Å². The Kier molecular flexibility index (Phi) is 3.19. The van der Waals surface area contributed by atoms with E-state index in [1.165, 1.54) is 16.4 Å². The Balaban J connectivity index is 2.02. The van der Waals surface area contributed by atoms with E-state index in [1.54, 1.807) is 12.3 Å². The van der Waals surface area contributed by atoms with E-state index in [1.807, 2.05) is 10.8 Å². The lowest BCUT2D eigenvalue weighted by Gasteiger charge is -2.27. The second kappa shape index (κ2) is 4.76. The van der Waals surface area contributed by atoms with Gasteiger partial charge < -0.3 is 10.3 Å². The number of nitrogen functional groups attached to an aromatic ring is 1. The fraction of sp³-hybridized carbons (Fsp3) is 0.250. The Bertz CT molecular complexity index is 736. The highest BCUT2D eigenvalue weighted by Gasteiger charge is 2.31. The molecule has 1 aromatic heterocycles. The molecule has 2 aromatic rings. The monoisotopic (exact) mass is 312 g/mol. The summed E-state index contributed by atoms with van der Waals surface area (Å²) in [4.78, 5) is 4.13. The van der Waals surface area contributed by atoms with Crippen LogP contribution in [0.5, 0.6) is 0 Å². The fourth-order valence-electron chi connectivity index (χ4n) is 2.28. The summed E-state index contributed by atoms with van der Waals surface area (Å²) < 4.78 is 28.7. The molecule has 0 saturated carbocycles. The van der Waals surface area contributed by atoms with E-state index in [0.29, 0.717) is 18.9 Å². The quantitative estimate of drug-likeness (QED) is 0.848. The first kappa shape index (κ1) is 13.4. The van der Waals surface area contributed by atoms with Gasteiger partial charge in [-0.2, -0.15) is 4.31 Å². The lowest BCUT2D eigenvalue weighted by molar-refractivity contribution is 0.335. The fourth-order valence-corrected chi connectivity index (χ4v) is 4.30. The molecule has 8 heteroatoms. The molecule has 3 rings (SSSR count). The van der Waals surface area contributed by atoms with Gasteiger partial charge in [0, 0.05) is 25.5 Å². The molecule has 0 aliphatic carbocycles. The van der Waals surface area contributed by atoms with Crippen molar-refractivity contribution in [2.75, 3.05) is 12.3 Å². The number of fused-ring (bicyclic) bond motifs is 1. The number of hydrogen-bond acceptors (Lipinski definition) is 4. The topological polar surface area (TPSA) is 81.2 Å². The zero-order chi connectivity index (χ0) is 14.3. The van der Waals surface area contributed by atoms with Crippen molar-refractivity contribution in [3.8, 4) is 0 Å². The molecule has 2 heterocycles. The normalized spacial score (nSPS) is 16.1. The lowest BCUT2D eigenvalue weighted by atomic mass is 10.3. The molecule has 20 heavy (non-hydrogen) atoms. The van der Waals surface area contributed by atoms with Crippen molar-refractivity contribution in [2.24, 2.45) is 0 Å². The Morgan fingerprint density at radius 3 is 2.85 bits per heavy atom. The molecule has 0 amide bonds. The summed E-state index contributed by atoms with van der Waals surface area (Å²) in [5.74, 6) is 0.713. The predicted molar refractivity (Wildman–Crippen MR) is 75.7 cm³/mol. The molecule has 0 radical (unpaired) electrons. The maximum absolute atomic E-state index is 12.7. The number of rotatable bonds is 2. The minimum Gasteiger partial charge on any atom is -0.398 e. The van der Waals surface area contributed by atoms with Crippen molar-refractivity contribution in [2.45, 2.75) is 18.0 Å². The van der Waals surface area contributed by atoms with Crippen LogP contribution in [-0.4, -0.2) is 28.8 Å². The average Bonchev–Trinajstić information content (AvgIpc) is 2.85. The van der Waals surface area contributed by atoms with Crippen LogP contribution < -0.4 is 5.73 Å². The molecule has 0 bridgehead atoms. The first-order valence-corrected chi connectivity index (χ1v) is 7.86. The molecule has 2 N–H and O–H groups in total. The Hall–Kier alpha value is -1.57. The molecule has 1 aromatic carbocycles. The van der Waals surface area contributed by atoms with E-state index >= 15 is 0 Å². The Morgan fingerprint density at radius 1 is 1.30 bits per heavy atom. The molecule has 0 atom stereocenters. The highest BCUT2D eigenvalue weighted by Crippen LogP contribution is 2.31. The van der Waals surface area contributed by atoms with Crippen molar-refractivity contribution in [3.63, 3.8) is 0 Å². The Labute approximate surface area is 121 Å². The number of anilines is 1. The van der Waals surface area contributed by atoms with Crippen molar-refractivity contribution >= 4 is 27.3 Å². The number of hydrogen-bond donors (Lipinski definition) is 1. The summed E-state index contributed by atoms with van der Waals surface area (Å²) in [6.07, 6.45) is 3.50. The second-order valence-corrected chi connectivity index (χ2v) is 6.82. The first-order chi connectivity index (χ1) is 9.50. The van der Waals surface area contributed by atoms with E-state index < -0.39 is 10.0 Å². The zero-order valence-electron chi connectivity index (χ0n) is 10.5. The smallest absolute Gasteiger partial charge is 0.247 e. The molecule has 0 fully saturated rings. The number of nitrogens with two attached hydrogens (primary N) is 1. The second-order valence-electron chi connectivity index (χ2n) is 4.53. The van der Waals surface area contributed by atoms with Gasteiger partial charge in [0.05, 0.1) is 17.3 Å². The molecule has 0 saturated heterocycles. The zero-order valence-corrected chi connectivity index (χ0v) is 12.1. The van der Waals surface area contributed by atoms with Crippen molar-refractivity contribution in [3.05, 3.63) is 41.4 Å². The third-order valence-electron chi connectivity index (χ3n) is 3.31. The van der Waals surface area contributed by atoms with Gasteiger partial charge in [-0.3, -0.25) is 0 Å². The standard InChI is InChI=1S/C12H13ClN4O2S/c13-9-2-1-3-10(14)12(9)20(18,19)17-7-6-16-5-4-15-11(16)8-17/h1-5H,6-8,14H2. The molecular formula is C12H13ClN4O2S. The van der Waals surface area contributed by atoms with Gasteiger partial charge >= 0.3 is 0 Å². The van der Waals surface area contributed by atoms with Gasteiger partial charge in [-0.25, -0.2) is 13.4 Å². The third kappa shape index (κ3) is 2.07. The van der Waals surface area contributed by atoms with E-state index in [4.69, 9.17) is 17.3 Å². The van der Waals surface area contributed by atoms with Crippen molar-refractivity contribution in [1.29, 1.82) is 0 Å². The number of nitrogens with zero attached hydrogens (tertiary/aromatic N) is 3.